The van der Waals surface area contributed by atoms with Crippen LogP contribution in [0.5, 0.6) is 0 Å². The van der Waals surface area contributed by atoms with Crippen molar-refractivity contribution in [3.8, 4) is 0 Å². The molecule has 0 radical (unpaired) electrons. The quantitative estimate of drug-likeness (QED) is 0.601. The van der Waals surface area contributed by atoms with Crippen molar-refractivity contribution in [2.24, 2.45) is 5.92 Å². The molecular formula is C15H25NO5. The molecule has 0 aromatic carbocycles. The van der Waals surface area contributed by atoms with Crippen LogP contribution in [0.3, 0.4) is 0 Å². The maximum absolute atomic E-state index is 12.0. The number of rotatable bonds is 6. The fourth-order valence-electron chi connectivity index (χ4n) is 1.50. The second-order valence-corrected chi connectivity index (χ2v) is 6.09. The van der Waals surface area contributed by atoms with Crippen LogP contribution < -0.4 is 5.32 Å². The molecule has 0 bridgehead atoms. The Morgan fingerprint density at radius 2 is 1.71 bits per heavy atom. The average molecular weight is 299 g/mol. The minimum atomic E-state index is -0.735. The predicted octanol–water partition coefficient (Wildman–Crippen LogP) is 2.22. The molecular weight excluding hydrogens is 274 g/mol. The lowest BCUT2D eigenvalue weighted by molar-refractivity contribution is -0.135. The minimum Gasteiger partial charge on any atom is -0.466 e. The first-order valence-electron chi connectivity index (χ1n) is 6.84. The molecule has 0 spiro atoms. The molecule has 0 heterocycles. The van der Waals surface area contributed by atoms with E-state index in [1.54, 1.807) is 20.8 Å². The lowest BCUT2D eigenvalue weighted by Crippen LogP contribution is -2.43. The molecule has 0 aromatic rings. The van der Waals surface area contributed by atoms with Gasteiger partial charge in [0.05, 0.1) is 13.2 Å². The lowest BCUT2D eigenvalue weighted by Gasteiger charge is -2.23. The molecule has 0 rings (SSSR count). The molecule has 0 aliphatic carbocycles. The Morgan fingerprint density at radius 1 is 1.14 bits per heavy atom. The van der Waals surface area contributed by atoms with Gasteiger partial charge >= 0.3 is 12.1 Å². The molecule has 1 atom stereocenters. The van der Waals surface area contributed by atoms with Crippen LogP contribution in [-0.4, -0.2) is 36.6 Å². The summed E-state index contributed by atoms with van der Waals surface area (Å²) in [5, 5.41) is 2.53. The van der Waals surface area contributed by atoms with Crippen LogP contribution >= 0.6 is 0 Å². The van der Waals surface area contributed by atoms with Gasteiger partial charge in [-0.3, -0.25) is 4.79 Å². The number of nitrogens with one attached hydrogen (secondary N) is 1. The molecule has 6 nitrogen and oxygen atoms in total. The first-order chi connectivity index (χ1) is 9.55. The van der Waals surface area contributed by atoms with Crippen molar-refractivity contribution >= 4 is 17.8 Å². The van der Waals surface area contributed by atoms with E-state index in [1.807, 2.05) is 13.8 Å². The number of hydrogen-bond donors (Lipinski definition) is 1. The maximum Gasteiger partial charge on any atom is 0.408 e. The van der Waals surface area contributed by atoms with Crippen molar-refractivity contribution in [3.05, 3.63) is 12.2 Å². The van der Waals surface area contributed by atoms with E-state index in [2.05, 4.69) is 10.1 Å². The van der Waals surface area contributed by atoms with Gasteiger partial charge in [-0.25, -0.2) is 9.59 Å². The summed E-state index contributed by atoms with van der Waals surface area (Å²) in [4.78, 5) is 34.8. The number of carbonyl (C=O) groups is 3. The lowest BCUT2D eigenvalue weighted by atomic mass is 10.00. The number of esters is 1. The van der Waals surface area contributed by atoms with Crippen molar-refractivity contribution < 1.29 is 23.9 Å². The van der Waals surface area contributed by atoms with E-state index in [1.165, 1.54) is 7.11 Å². The van der Waals surface area contributed by atoms with Gasteiger partial charge in [-0.05, 0) is 39.2 Å². The molecule has 0 aliphatic rings. The van der Waals surface area contributed by atoms with E-state index in [0.29, 0.717) is 6.42 Å². The number of hydrogen-bond acceptors (Lipinski definition) is 5. The summed E-state index contributed by atoms with van der Waals surface area (Å²) in [6.07, 6.45) is 1.93. The molecule has 1 N–H and O–H groups in total. The normalized spacial score (nSPS) is 13.1. The SMILES string of the molecule is COC(=O)/C=C/C(=O)[C@H](CC(C)C)NC(=O)OC(C)(C)C. The van der Waals surface area contributed by atoms with Gasteiger partial charge in [0.15, 0.2) is 5.78 Å². The number of carbonyl (C=O) groups excluding carboxylic acids is 3. The Balaban J connectivity index is 4.79. The highest BCUT2D eigenvalue weighted by atomic mass is 16.6. The zero-order valence-electron chi connectivity index (χ0n) is 13.6. The average Bonchev–Trinajstić information content (AvgIpc) is 2.31. The summed E-state index contributed by atoms with van der Waals surface area (Å²) in [5.74, 6) is -0.802. The molecule has 1 amide bonds. The standard InChI is InChI=1S/C15H25NO5/c1-10(2)9-11(12(17)7-8-13(18)20-6)16-14(19)21-15(3,4)5/h7-8,10-11H,9H2,1-6H3,(H,16,19)/b8-7+/t11-/m0/s1. The molecule has 0 fully saturated rings. The molecule has 120 valence electrons. The van der Waals surface area contributed by atoms with Crippen LogP contribution in [-0.2, 0) is 19.1 Å². The topological polar surface area (TPSA) is 81.7 Å². The summed E-state index contributed by atoms with van der Waals surface area (Å²) in [6, 6.07) is -0.735. The summed E-state index contributed by atoms with van der Waals surface area (Å²) in [5.41, 5.74) is -0.642. The number of ketones is 1. The molecule has 0 saturated carbocycles. The molecule has 6 heteroatoms. The van der Waals surface area contributed by atoms with E-state index < -0.39 is 23.7 Å². The van der Waals surface area contributed by atoms with Crippen molar-refractivity contribution in [2.45, 2.75) is 52.7 Å². The molecule has 0 unspecified atom stereocenters. The van der Waals surface area contributed by atoms with Crippen LogP contribution in [0.4, 0.5) is 4.79 Å². The third-order valence-corrected chi connectivity index (χ3v) is 2.33. The first kappa shape index (κ1) is 19.1. The molecule has 0 aromatic heterocycles. The van der Waals surface area contributed by atoms with Gasteiger partial charge in [-0.1, -0.05) is 13.8 Å². The summed E-state index contributed by atoms with van der Waals surface area (Å²) >= 11 is 0. The third-order valence-electron chi connectivity index (χ3n) is 2.33. The van der Waals surface area contributed by atoms with E-state index in [9.17, 15) is 14.4 Å². The fourth-order valence-corrected chi connectivity index (χ4v) is 1.50. The van der Waals surface area contributed by atoms with Gasteiger partial charge in [0.25, 0.3) is 0 Å². The summed E-state index contributed by atoms with van der Waals surface area (Å²) in [6.45, 7) is 9.08. The van der Waals surface area contributed by atoms with Crippen LogP contribution in [0.1, 0.15) is 41.0 Å². The largest absolute Gasteiger partial charge is 0.466 e. The smallest absolute Gasteiger partial charge is 0.408 e. The monoisotopic (exact) mass is 299 g/mol. The van der Waals surface area contributed by atoms with Crippen molar-refractivity contribution in [2.75, 3.05) is 7.11 Å². The second-order valence-electron chi connectivity index (χ2n) is 6.09. The molecule has 0 saturated heterocycles. The van der Waals surface area contributed by atoms with Gasteiger partial charge in [0.2, 0.25) is 0 Å². The van der Waals surface area contributed by atoms with Gasteiger partial charge in [-0.2, -0.15) is 0 Å². The Hall–Kier alpha value is -1.85. The van der Waals surface area contributed by atoms with Crippen molar-refractivity contribution in [1.29, 1.82) is 0 Å². The van der Waals surface area contributed by atoms with Gasteiger partial charge < -0.3 is 14.8 Å². The number of ether oxygens (including phenoxy) is 2. The van der Waals surface area contributed by atoms with Gasteiger partial charge in [0.1, 0.15) is 5.60 Å². The van der Waals surface area contributed by atoms with E-state index in [-0.39, 0.29) is 11.7 Å². The van der Waals surface area contributed by atoms with E-state index in [4.69, 9.17) is 4.74 Å². The number of methoxy groups -OCH3 is 1. The zero-order valence-corrected chi connectivity index (χ0v) is 13.6. The Kier molecular flexibility index (Phi) is 7.70. The maximum atomic E-state index is 12.0. The zero-order chi connectivity index (χ0) is 16.6. The van der Waals surface area contributed by atoms with Crippen molar-refractivity contribution in [3.63, 3.8) is 0 Å². The molecule has 0 aliphatic heterocycles. The van der Waals surface area contributed by atoms with Crippen LogP contribution in [0.15, 0.2) is 12.2 Å². The highest BCUT2D eigenvalue weighted by Crippen LogP contribution is 2.10. The number of amides is 1. The van der Waals surface area contributed by atoms with Gasteiger partial charge in [0, 0.05) is 6.08 Å². The number of alkyl carbamates (subject to hydrolysis) is 1. The highest BCUT2D eigenvalue weighted by Gasteiger charge is 2.23. The minimum absolute atomic E-state index is 0.195. The Labute approximate surface area is 125 Å². The Morgan fingerprint density at radius 3 is 2.14 bits per heavy atom. The van der Waals surface area contributed by atoms with Crippen molar-refractivity contribution in [1.82, 2.24) is 5.32 Å². The van der Waals surface area contributed by atoms with Crippen LogP contribution in [0, 0.1) is 5.92 Å². The summed E-state index contributed by atoms with van der Waals surface area (Å²) < 4.78 is 9.55. The van der Waals surface area contributed by atoms with Crippen LogP contribution in [0.25, 0.3) is 0 Å². The van der Waals surface area contributed by atoms with Gasteiger partial charge in [-0.15, -0.1) is 0 Å². The van der Waals surface area contributed by atoms with E-state index in [0.717, 1.165) is 12.2 Å². The Bertz CT molecular complexity index is 407. The molecule has 21 heavy (non-hydrogen) atoms. The van der Waals surface area contributed by atoms with Crippen LogP contribution in [0.2, 0.25) is 0 Å². The summed E-state index contributed by atoms with van der Waals surface area (Å²) in [7, 11) is 1.22. The fraction of sp³-hybridized carbons (Fsp3) is 0.667. The predicted molar refractivity (Wildman–Crippen MR) is 78.8 cm³/mol. The van der Waals surface area contributed by atoms with E-state index >= 15 is 0 Å². The highest BCUT2D eigenvalue weighted by molar-refractivity contribution is 6.00. The third kappa shape index (κ3) is 9.65. The second kappa shape index (κ2) is 8.44. The first-order valence-corrected chi connectivity index (χ1v) is 6.84.